The van der Waals surface area contributed by atoms with Crippen LogP contribution in [0.5, 0.6) is 0 Å². The Balaban J connectivity index is 5.08. The van der Waals surface area contributed by atoms with Crippen molar-refractivity contribution in [3.8, 4) is 0 Å². The normalized spacial score (nSPS) is 11.9. The Bertz CT molecular complexity index is 335. The summed E-state index contributed by atoms with van der Waals surface area (Å²) >= 11 is 0. The lowest BCUT2D eigenvalue weighted by molar-refractivity contribution is -0.136. The SMILES string of the molecule is CC(C)(C)OC(=O)N(C(=O)O)C(=O)C(C)(C)C. The van der Waals surface area contributed by atoms with E-state index in [0.29, 0.717) is 0 Å². The van der Waals surface area contributed by atoms with E-state index in [1.807, 2.05) is 0 Å². The topological polar surface area (TPSA) is 83.9 Å². The molecule has 0 spiro atoms. The fraction of sp³-hybridized carbons (Fsp3) is 0.727. The number of rotatable bonds is 0. The number of amides is 3. The minimum Gasteiger partial charge on any atom is -0.464 e. The third kappa shape index (κ3) is 4.84. The van der Waals surface area contributed by atoms with Crippen LogP contribution in [0.3, 0.4) is 0 Å². The molecule has 1 N–H and O–H groups in total. The Morgan fingerprint density at radius 1 is 1.00 bits per heavy atom. The number of carboxylic acid groups (broad SMARTS) is 1. The summed E-state index contributed by atoms with van der Waals surface area (Å²) in [5, 5.41) is 8.88. The van der Waals surface area contributed by atoms with Crippen molar-refractivity contribution in [3.05, 3.63) is 0 Å². The third-order valence-corrected chi connectivity index (χ3v) is 1.61. The van der Waals surface area contributed by atoms with Crippen LogP contribution in [0.4, 0.5) is 9.59 Å². The van der Waals surface area contributed by atoms with Gasteiger partial charge in [0.2, 0.25) is 5.91 Å². The van der Waals surface area contributed by atoms with E-state index in [9.17, 15) is 14.4 Å². The predicted molar refractivity (Wildman–Crippen MR) is 60.6 cm³/mol. The van der Waals surface area contributed by atoms with Gasteiger partial charge in [0.15, 0.2) is 0 Å². The zero-order chi connectivity index (χ0) is 14.0. The molecule has 0 rings (SSSR count). The Morgan fingerprint density at radius 2 is 1.41 bits per heavy atom. The Kier molecular flexibility index (Phi) is 4.29. The maximum Gasteiger partial charge on any atom is 0.426 e. The number of carbonyl (C=O) groups excluding carboxylic acids is 2. The molecule has 0 atom stereocenters. The number of hydrogen-bond acceptors (Lipinski definition) is 4. The van der Waals surface area contributed by atoms with E-state index in [1.54, 1.807) is 20.8 Å². The molecular formula is C11H19NO5. The first-order valence-electron chi connectivity index (χ1n) is 5.17. The summed E-state index contributed by atoms with van der Waals surface area (Å²) in [5.74, 6) is -0.820. The van der Waals surface area contributed by atoms with Crippen LogP contribution >= 0.6 is 0 Å². The van der Waals surface area contributed by atoms with E-state index in [4.69, 9.17) is 9.84 Å². The highest BCUT2D eigenvalue weighted by Crippen LogP contribution is 2.19. The van der Waals surface area contributed by atoms with Crippen LogP contribution in [0.2, 0.25) is 0 Å². The fourth-order valence-corrected chi connectivity index (χ4v) is 0.891. The highest BCUT2D eigenvalue weighted by molar-refractivity contribution is 6.07. The average molecular weight is 245 g/mol. The smallest absolute Gasteiger partial charge is 0.426 e. The summed E-state index contributed by atoms with van der Waals surface area (Å²) in [6.07, 6.45) is -2.82. The van der Waals surface area contributed by atoms with Crippen LogP contribution in [0.1, 0.15) is 41.5 Å². The standard InChI is InChI=1S/C11H19NO5/c1-10(2,3)7(13)12(8(14)15)9(16)17-11(4,5)6/h1-6H3,(H,14,15). The van der Waals surface area contributed by atoms with Gasteiger partial charge >= 0.3 is 12.2 Å². The van der Waals surface area contributed by atoms with E-state index in [0.717, 1.165) is 0 Å². The first-order chi connectivity index (χ1) is 7.36. The van der Waals surface area contributed by atoms with Gasteiger partial charge in [0.1, 0.15) is 5.60 Å². The van der Waals surface area contributed by atoms with Gasteiger partial charge in [-0.25, -0.2) is 9.59 Å². The zero-order valence-electron chi connectivity index (χ0n) is 11.0. The molecule has 0 aromatic carbocycles. The van der Waals surface area contributed by atoms with Crippen molar-refractivity contribution in [2.75, 3.05) is 0 Å². The van der Waals surface area contributed by atoms with Crippen LogP contribution < -0.4 is 0 Å². The van der Waals surface area contributed by atoms with Crippen molar-refractivity contribution in [2.45, 2.75) is 47.1 Å². The molecule has 0 aliphatic heterocycles. The predicted octanol–water partition coefficient (Wildman–Crippen LogP) is 2.47. The van der Waals surface area contributed by atoms with Gasteiger partial charge in [-0.1, -0.05) is 20.8 Å². The largest absolute Gasteiger partial charge is 0.464 e. The number of imide groups is 3. The second-order valence-corrected chi connectivity index (χ2v) is 5.65. The van der Waals surface area contributed by atoms with Crippen molar-refractivity contribution in [2.24, 2.45) is 5.41 Å². The minimum atomic E-state index is -1.64. The molecule has 3 amide bonds. The van der Waals surface area contributed by atoms with E-state index >= 15 is 0 Å². The molecular weight excluding hydrogens is 226 g/mol. The van der Waals surface area contributed by atoms with E-state index in [2.05, 4.69) is 0 Å². The van der Waals surface area contributed by atoms with Gasteiger partial charge in [-0.3, -0.25) is 4.79 Å². The highest BCUT2D eigenvalue weighted by atomic mass is 16.6. The molecule has 0 heterocycles. The van der Waals surface area contributed by atoms with Crippen molar-refractivity contribution in [3.63, 3.8) is 0 Å². The van der Waals surface area contributed by atoms with Gasteiger partial charge in [-0.15, -0.1) is 4.90 Å². The van der Waals surface area contributed by atoms with Crippen molar-refractivity contribution >= 4 is 18.1 Å². The zero-order valence-corrected chi connectivity index (χ0v) is 11.0. The van der Waals surface area contributed by atoms with Gasteiger partial charge in [0.05, 0.1) is 0 Å². The van der Waals surface area contributed by atoms with E-state index < -0.39 is 29.1 Å². The molecule has 0 saturated carbocycles. The summed E-state index contributed by atoms with van der Waals surface area (Å²) in [6.45, 7) is 9.34. The van der Waals surface area contributed by atoms with Gasteiger partial charge in [-0.2, -0.15) is 0 Å². The third-order valence-electron chi connectivity index (χ3n) is 1.61. The molecule has 0 aromatic heterocycles. The Labute approximate surface area is 101 Å². The summed E-state index contributed by atoms with van der Waals surface area (Å²) < 4.78 is 4.86. The maximum atomic E-state index is 11.8. The van der Waals surface area contributed by atoms with Crippen LogP contribution in [0.15, 0.2) is 0 Å². The lowest BCUT2D eigenvalue weighted by atomic mass is 9.95. The molecule has 6 heteroatoms. The fourth-order valence-electron chi connectivity index (χ4n) is 0.891. The van der Waals surface area contributed by atoms with Crippen molar-refractivity contribution in [1.82, 2.24) is 4.90 Å². The van der Waals surface area contributed by atoms with Crippen LogP contribution in [-0.2, 0) is 9.53 Å². The second kappa shape index (κ2) is 4.73. The second-order valence-electron chi connectivity index (χ2n) is 5.65. The average Bonchev–Trinajstić information content (AvgIpc) is 1.97. The quantitative estimate of drug-likeness (QED) is 0.708. The first-order valence-corrected chi connectivity index (χ1v) is 5.17. The van der Waals surface area contributed by atoms with Crippen LogP contribution in [0.25, 0.3) is 0 Å². The monoisotopic (exact) mass is 245 g/mol. The molecule has 0 aliphatic rings. The molecule has 0 bridgehead atoms. The molecule has 0 aliphatic carbocycles. The molecule has 0 unspecified atom stereocenters. The summed E-state index contributed by atoms with van der Waals surface area (Å²) in [7, 11) is 0. The molecule has 98 valence electrons. The molecule has 0 radical (unpaired) electrons. The lowest BCUT2D eigenvalue weighted by Gasteiger charge is -2.27. The van der Waals surface area contributed by atoms with Crippen LogP contribution in [-0.4, -0.2) is 33.7 Å². The summed E-state index contributed by atoms with van der Waals surface area (Å²) in [6, 6.07) is 0. The van der Waals surface area contributed by atoms with Gasteiger partial charge < -0.3 is 9.84 Å². The minimum absolute atomic E-state index is 0.102. The van der Waals surface area contributed by atoms with E-state index in [1.165, 1.54) is 20.8 Å². The highest BCUT2D eigenvalue weighted by Gasteiger charge is 2.38. The molecule has 0 aromatic rings. The summed E-state index contributed by atoms with van der Waals surface area (Å²) in [4.78, 5) is 34.4. The van der Waals surface area contributed by atoms with Crippen molar-refractivity contribution < 1.29 is 24.2 Å². The molecule has 0 fully saturated rings. The number of ether oxygens (including phenoxy) is 1. The lowest BCUT2D eigenvalue weighted by Crippen LogP contribution is -2.48. The summed E-state index contributed by atoms with van der Waals surface area (Å²) in [5.41, 5.74) is -1.84. The Morgan fingerprint density at radius 3 is 1.65 bits per heavy atom. The van der Waals surface area contributed by atoms with Crippen molar-refractivity contribution in [1.29, 1.82) is 0 Å². The number of carbonyl (C=O) groups is 3. The van der Waals surface area contributed by atoms with Crippen LogP contribution in [0, 0.1) is 5.41 Å². The van der Waals surface area contributed by atoms with Gasteiger partial charge in [0, 0.05) is 5.41 Å². The first kappa shape index (κ1) is 15.4. The van der Waals surface area contributed by atoms with Gasteiger partial charge in [-0.05, 0) is 20.8 Å². The van der Waals surface area contributed by atoms with E-state index in [-0.39, 0.29) is 4.90 Å². The van der Waals surface area contributed by atoms with Gasteiger partial charge in [0.25, 0.3) is 0 Å². The maximum absolute atomic E-state index is 11.8. The number of nitrogens with zero attached hydrogens (tertiary/aromatic N) is 1. The molecule has 17 heavy (non-hydrogen) atoms. The molecule has 6 nitrogen and oxygen atoms in total. The molecule has 0 saturated heterocycles. The Hall–Kier alpha value is -1.59. The number of hydrogen-bond donors (Lipinski definition) is 1.